The molecule has 0 unspecified atom stereocenters. The number of para-hydroxylation sites is 1. The van der Waals surface area contributed by atoms with Crippen LogP contribution >= 0.6 is 11.8 Å². The Bertz CT molecular complexity index is 931. The van der Waals surface area contributed by atoms with Crippen LogP contribution in [0.3, 0.4) is 0 Å². The highest BCUT2D eigenvalue weighted by Crippen LogP contribution is 2.56. The lowest BCUT2D eigenvalue weighted by Gasteiger charge is -2.32. The summed E-state index contributed by atoms with van der Waals surface area (Å²) < 4.78 is 39.4. The first-order valence-corrected chi connectivity index (χ1v) is 8.73. The molecule has 2 aliphatic heterocycles. The number of carbonyl (C=O) groups is 2. The van der Waals surface area contributed by atoms with Gasteiger partial charge in [0.1, 0.15) is 0 Å². The van der Waals surface area contributed by atoms with E-state index in [9.17, 15) is 22.8 Å². The van der Waals surface area contributed by atoms with Gasteiger partial charge < -0.3 is 5.32 Å². The number of amides is 2. The number of alkyl halides is 3. The molecule has 0 saturated carbocycles. The van der Waals surface area contributed by atoms with Crippen LogP contribution in [-0.2, 0) is 20.6 Å². The predicted molar refractivity (Wildman–Crippen MR) is 92.7 cm³/mol. The molecule has 0 aromatic heterocycles. The van der Waals surface area contributed by atoms with Crippen molar-refractivity contribution >= 4 is 35.0 Å². The number of halogens is 3. The minimum absolute atomic E-state index is 0.0496. The van der Waals surface area contributed by atoms with Crippen molar-refractivity contribution in [1.29, 1.82) is 0 Å². The summed E-state index contributed by atoms with van der Waals surface area (Å²) in [5.41, 5.74) is 0.316. The molecule has 0 bridgehead atoms. The molecule has 4 rings (SSSR count). The summed E-state index contributed by atoms with van der Waals surface area (Å²) in [6, 6.07) is 11.4. The van der Waals surface area contributed by atoms with E-state index in [1.807, 2.05) is 0 Å². The van der Waals surface area contributed by atoms with Gasteiger partial charge in [0.05, 0.1) is 10.8 Å². The van der Waals surface area contributed by atoms with Crippen LogP contribution in [0.4, 0.5) is 24.5 Å². The van der Waals surface area contributed by atoms with E-state index in [-0.39, 0.29) is 5.69 Å². The van der Waals surface area contributed by atoms with E-state index < -0.39 is 33.7 Å². The number of carbonyl (C=O) groups excluding carboxylic acids is 2. The van der Waals surface area contributed by atoms with Crippen molar-refractivity contribution in [1.82, 2.24) is 0 Å². The minimum Gasteiger partial charge on any atom is -0.323 e. The summed E-state index contributed by atoms with van der Waals surface area (Å²) in [4.78, 5) is 25.5. The molecule has 2 aliphatic rings. The highest BCUT2D eigenvalue weighted by Gasteiger charge is 2.60. The van der Waals surface area contributed by atoms with Gasteiger partial charge >= 0.3 is 6.18 Å². The first kappa shape index (κ1) is 17.0. The molecule has 1 saturated heterocycles. The summed E-state index contributed by atoms with van der Waals surface area (Å²) in [7, 11) is 0. The molecule has 2 heterocycles. The maximum atomic E-state index is 13.1. The average molecular weight is 378 g/mol. The molecule has 1 N–H and O–H groups in total. The normalized spacial score (nSPS) is 24.9. The van der Waals surface area contributed by atoms with Gasteiger partial charge in [0, 0.05) is 16.9 Å². The molecule has 0 radical (unpaired) electrons. The van der Waals surface area contributed by atoms with Crippen LogP contribution < -0.4 is 10.2 Å². The third kappa shape index (κ3) is 2.25. The van der Waals surface area contributed by atoms with Crippen molar-refractivity contribution in [3.05, 3.63) is 59.7 Å². The minimum atomic E-state index is -4.54. The number of fused-ring (bicyclic) bond motifs is 2. The number of hydrogen-bond donors (Lipinski definition) is 1. The summed E-state index contributed by atoms with van der Waals surface area (Å²) in [6.45, 7) is 1.65. The molecule has 2 aromatic carbocycles. The topological polar surface area (TPSA) is 49.4 Å². The van der Waals surface area contributed by atoms with Crippen LogP contribution in [0.15, 0.2) is 48.5 Å². The zero-order chi connectivity index (χ0) is 18.7. The zero-order valence-corrected chi connectivity index (χ0v) is 14.3. The van der Waals surface area contributed by atoms with Crippen LogP contribution in [0.1, 0.15) is 18.1 Å². The van der Waals surface area contributed by atoms with E-state index in [1.165, 1.54) is 17.0 Å². The van der Waals surface area contributed by atoms with Crippen LogP contribution in [-0.4, -0.2) is 17.1 Å². The van der Waals surface area contributed by atoms with Gasteiger partial charge in [-0.25, -0.2) is 0 Å². The number of rotatable bonds is 1. The molecule has 4 nitrogen and oxygen atoms in total. The lowest BCUT2D eigenvalue weighted by Crippen LogP contribution is -2.47. The van der Waals surface area contributed by atoms with Crippen molar-refractivity contribution in [2.24, 2.45) is 0 Å². The number of benzene rings is 2. The molecule has 2 amide bonds. The van der Waals surface area contributed by atoms with Crippen molar-refractivity contribution in [2.45, 2.75) is 23.2 Å². The summed E-state index contributed by atoms with van der Waals surface area (Å²) in [6.07, 6.45) is -4.54. The van der Waals surface area contributed by atoms with Gasteiger partial charge in [0.2, 0.25) is 10.8 Å². The van der Waals surface area contributed by atoms with E-state index in [0.29, 0.717) is 11.3 Å². The highest BCUT2D eigenvalue weighted by atomic mass is 32.2. The predicted octanol–water partition coefficient (Wildman–Crippen LogP) is 3.98. The number of nitrogens with one attached hydrogen (secondary N) is 1. The highest BCUT2D eigenvalue weighted by molar-refractivity contribution is 8.03. The smallest absolute Gasteiger partial charge is 0.323 e. The fourth-order valence-electron chi connectivity index (χ4n) is 3.38. The van der Waals surface area contributed by atoms with Crippen molar-refractivity contribution in [2.75, 3.05) is 10.2 Å². The van der Waals surface area contributed by atoms with Crippen molar-refractivity contribution in [3.63, 3.8) is 0 Å². The zero-order valence-electron chi connectivity index (χ0n) is 13.5. The number of anilines is 2. The number of hydrogen-bond acceptors (Lipinski definition) is 3. The Morgan fingerprint density at radius 3 is 2.58 bits per heavy atom. The quantitative estimate of drug-likeness (QED) is 0.817. The molecule has 2 aromatic rings. The molecule has 134 valence electrons. The molecule has 26 heavy (non-hydrogen) atoms. The van der Waals surface area contributed by atoms with Crippen LogP contribution in [0, 0.1) is 0 Å². The fraction of sp³-hybridized carbons (Fsp3) is 0.222. The second-order valence-corrected chi connectivity index (χ2v) is 7.66. The Morgan fingerprint density at radius 2 is 1.85 bits per heavy atom. The van der Waals surface area contributed by atoms with Crippen LogP contribution in [0.25, 0.3) is 0 Å². The van der Waals surface area contributed by atoms with E-state index in [2.05, 4.69) is 5.32 Å². The number of thioether (sulfide) groups is 1. The summed E-state index contributed by atoms with van der Waals surface area (Å²) in [5.74, 6) is -0.833. The maximum absolute atomic E-state index is 13.1. The SMILES string of the molecule is C[C@H]1S[C@@]2(C(=O)Nc3ccccc32)N(c2cccc(C(F)(F)F)c2)C1=O. The van der Waals surface area contributed by atoms with Gasteiger partial charge in [-0.15, -0.1) is 11.8 Å². The molecule has 1 spiro atoms. The largest absolute Gasteiger partial charge is 0.416 e. The van der Waals surface area contributed by atoms with E-state index >= 15 is 0 Å². The van der Waals surface area contributed by atoms with Gasteiger partial charge in [-0.05, 0) is 31.2 Å². The Hall–Kier alpha value is -2.48. The van der Waals surface area contributed by atoms with E-state index in [1.54, 1.807) is 31.2 Å². The van der Waals surface area contributed by atoms with Crippen molar-refractivity contribution < 1.29 is 22.8 Å². The van der Waals surface area contributed by atoms with Gasteiger partial charge in [0.15, 0.2) is 0 Å². The van der Waals surface area contributed by atoms with Gasteiger partial charge in [-0.1, -0.05) is 24.3 Å². The Labute approximate surface area is 151 Å². The molecule has 0 aliphatic carbocycles. The second kappa shape index (κ2) is 5.51. The van der Waals surface area contributed by atoms with Gasteiger partial charge in [-0.2, -0.15) is 13.2 Å². The maximum Gasteiger partial charge on any atom is 0.416 e. The van der Waals surface area contributed by atoms with Gasteiger partial charge in [0.25, 0.3) is 5.91 Å². The van der Waals surface area contributed by atoms with Gasteiger partial charge in [-0.3, -0.25) is 14.5 Å². The molecule has 2 atom stereocenters. The first-order chi connectivity index (χ1) is 12.2. The molecule has 8 heteroatoms. The van der Waals surface area contributed by atoms with E-state index in [4.69, 9.17) is 0 Å². The molecular formula is C18H13F3N2O2S. The monoisotopic (exact) mass is 378 g/mol. The Balaban J connectivity index is 1.92. The first-order valence-electron chi connectivity index (χ1n) is 7.85. The second-order valence-electron chi connectivity index (χ2n) is 6.13. The molecule has 1 fully saturated rings. The fourth-order valence-corrected chi connectivity index (χ4v) is 4.86. The summed E-state index contributed by atoms with van der Waals surface area (Å²) in [5, 5.41) is 2.17. The number of nitrogens with zero attached hydrogens (tertiary/aromatic N) is 1. The van der Waals surface area contributed by atoms with Crippen molar-refractivity contribution in [3.8, 4) is 0 Å². The third-order valence-corrected chi connectivity index (χ3v) is 5.99. The van der Waals surface area contributed by atoms with Crippen LogP contribution in [0.5, 0.6) is 0 Å². The summed E-state index contributed by atoms with van der Waals surface area (Å²) >= 11 is 1.13. The Morgan fingerprint density at radius 1 is 1.12 bits per heavy atom. The Kier molecular flexibility index (Phi) is 3.59. The average Bonchev–Trinajstić information content (AvgIpc) is 3.02. The lowest BCUT2D eigenvalue weighted by atomic mass is 10.0. The van der Waals surface area contributed by atoms with Crippen LogP contribution in [0.2, 0.25) is 0 Å². The third-order valence-electron chi connectivity index (χ3n) is 4.51. The standard InChI is InChI=1S/C18H13F3N2O2S/c1-10-15(24)23(12-6-4-5-11(9-12)18(19,20)21)17(26-10)13-7-2-3-8-14(13)22-16(17)25/h2-10H,1H3,(H,22,25)/t10-,17+/m1/s1. The molecular weight excluding hydrogens is 365 g/mol. The van der Waals surface area contributed by atoms with E-state index in [0.717, 1.165) is 23.9 Å². The lowest BCUT2D eigenvalue weighted by molar-refractivity contribution is -0.137.